The van der Waals surface area contributed by atoms with Gasteiger partial charge in [0.25, 0.3) is 5.91 Å². The molecule has 4 rings (SSSR count). The van der Waals surface area contributed by atoms with E-state index in [1.807, 2.05) is 6.07 Å². The van der Waals surface area contributed by atoms with Crippen molar-refractivity contribution in [3.63, 3.8) is 0 Å². The average Bonchev–Trinajstić information content (AvgIpc) is 3.29. The van der Waals surface area contributed by atoms with Gasteiger partial charge in [0.1, 0.15) is 40.5 Å². The normalized spacial score (nSPS) is 10.7. The van der Waals surface area contributed by atoms with Gasteiger partial charge in [-0.25, -0.2) is 18.2 Å². The molecule has 0 bridgehead atoms. The third-order valence-corrected chi connectivity index (χ3v) is 5.36. The lowest BCUT2D eigenvalue weighted by Gasteiger charge is -2.08. The zero-order valence-electron chi connectivity index (χ0n) is 16.5. The van der Waals surface area contributed by atoms with Gasteiger partial charge in [-0.15, -0.1) is 11.3 Å². The highest BCUT2D eigenvalue weighted by Crippen LogP contribution is 2.29. The standard InChI is InChI=1S/C23H16F3N3O2S/c24-16-3-6-19(25)15(8-16)12-31-17-4-5-18(20(26)9-17)23-29-21(13-32-23)22(30)28-11-14-2-1-7-27-10-14/h1-10,13H,11-12H2,(H,28,30). The molecule has 0 saturated heterocycles. The van der Waals surface area contributed by atoms with E-state index in [0.717, 1.165) is 41.2 Å². The number of nitrogens with zero attached hydrogens (tertiary/aromatic N) is 2. The zero-order valence-corrected chi connectivity index (χ0v) is 17.3. The molecule has 0 unspecified atom stereocenters. The number of benzene rings is 2. The highest BCUT2D eigenvalue weighted by atomic mass is 32.1. The van der Waals surface area contributed by atoms with Crippen LogP contribution >= 0.6 is 11.3 Å². The maximum absolute atomic E-state index is 14.6. The summed E-state index contributed by atoms with van der Waals surface area (Å²) in [4.78, 5) is 20.5. The van der Waals surface area contributed by atoms with Gasteiger partial charge in [0.2, 0.25) is 0 Å². The van der Waals surface area contributed by atoms with E-state index in [0.29, 0.717) is 11.6 Å². The number of nitrogens with one attached hydrogen (secondary N) is 1. The summed E-state index contributed by atoms with van der Waals surface area (Å²) in [7, 11) is 0. The smallest absolute Gasteiger partial charge is 0.271 e. The number of carbonyl (C=O) groups excluding carboxylic acids is 1. The molecule has 0 aliphatic heterocycles. The molecule has 32 heavy (non-hydrogen) atoms. The number of hydrogen-bond donors (Lipinski definition) is 1. The van der Waals surface area contributed by atoms with Crippen LogP contribution in [-0.4, -0.2) is 15.9 Å². The minimum atomic E-state index is -0.612. The Hall–Kier alpha value is -3.72. The van der Waals surface area contributed by atoms with Crippen LogP contribution in [0, 0.1) is 17.5 Å². The molecule has 2 aromatic carbocycles. The molecular formula is C23H16F3N3O2S. The Bertz CT molecular complexity index is 1250. The van der Waals surface area contributed by atoms with E-state index in [2.05, 4.69) is 15.3 Å². The molecule has 0 saturated carbocycles. The summed E-state index contributed by atoms with van der Waals surface area (Å²) in [6.45, 7) is 0.0483. The molecule has 0 fully saturated rings. The third kappa shape index (κ3) is 5.12. The zero-order chi connectivity index (χ0) is 22.5. The lowest BCUT2D eigenvalue weighted by atomic mass is 10.2. The molecular weight excluding hydrogens is 439 g/mol. The fourth-order valence-corrected chi connectivity index (χ4v) is 3.68. The molecule has 1 amide bonds. The van der Waals surface area contributed by atoms with Crippen molar-refractivity contribution in [2.24, 2.45) is 0 Å². The van der Waals surface area contributed by atoms with E-state index in [9.17, 15) is 18.0 Å². The van der Waals surface area contributed by atoms with Crippen molar-refractivity contribution in [3.05, 3.63) is 101 Å². The van der Waals surface area contributed by atoms with Crippen molar-refractivity contribution in [2.75, 3.05) is 0 Å². The van der Waals surface area contributed by atoms with Crippen molar-refractivity contribution < 1.29 is 22.7 Å². The van der Waals surface area contributed by atoms with Gasteiger partial charge in [-0.3, -0.25) is 9.78 Å². The first kappa shape index (κ1) is 21.5. The lowest BCUT2D eigenvalue weighted by Crippen LogP contribution is -2.23. The van der Waals surface area contributed by atoms with Crippen LogP contribution in [0.25, 0.3) is 10.6 Å². The molecule has 4 aromatic rings. The highest BCUT2D eigenvalue weighted by molar-refractivity contribution is 7.13. The number of carbonyl (C=O) groups is 1. The van der Waals surface area contributed by atoms with Crippen molar-refractivity contribution in [1.29, 1.82) is 0 Å². The number of ether oxygens (including phenoxy) is 1. The molecule has 0 atom stereocenters. The second-order valence-corrected chi connectivity index (χ2v) is 7.61. The van der Waals surface area contributed by atoms with Crippen LogP contribution in [0.2, 0.25) is 0 Å². The van der Waals surface area contributed by atoms with Gasteiger partial charge < -0.3 is 10.1 Å². The quantitative estimate of drug-likeness (QED) is 0.420. The van der Waals surface area contributed by atoms with Crippen molar-refractivity contribution >= 4 is 17.2 Å². The van der Waals surface area contributed by atoms with Gasteiger partial charge in [-0.05, 0) is 42.0 Å². The monoisotopic (exact) mass is 455 g/mol. The van der Waals surface area contributed by atoms with Crippen molar-refractivity contribution in [1.82, 2.24) is 15.3 Å². The van der Waals surface area contributed by atoms with Gasteiger partial charge in [0.05, 0.1) is 0 Å². The van der Waals surface area contributed by atoms with Crippen LogP contribution in [0.15, 0.2) is 66.3 Å². The van der Waals surface area contributed by atoms with Crippen LogP contribution in [-0.2, 0) is 13.2 Å². The van der Waals surface area contributed by atoms with Crippen LogP contribution in [0.1, 0.15) is 21.6 Å². The van der Waals surface area contributed by atoms with E-state index in [4.69, 9.17) is 4.74 Å². The Kier molecular flexibility index (Phi) is 6.46. The Morgan fingerprint density at radius 3 is 2.72 bits per heavy atom. The molecule has 2 heterocycles. The first-order valence-electron chi connectivity index (χ1n) is 9.49. The molecule has 0 spiro atoms. The maximum Gasteiger partial charge on any atom is 0.271 e. The first-order valence-corrected chi connectivity index (χ1v) is 10.4. The predicted octanol–water partition coefficient (Wildman–Crippen LogP) is 5.13. The van der Waals surface area contributed by atoms with Gasteiger partial charge in [0, 0.05) is 41.5 Å². The summed E-state index contributed by atoms with van der Waals surface area (Å²) in [5, 5.41) is 4.62. The number of aromatic nitrogens is 2. The average molecular weight is 455 g/mol. The Morgan fingerprint density at radius 2 is 1.94 bits per heavy atom. The van der Waals surface area contributed by atoms with Gasteiger partial charge in [-0.1, -0.05) is 6.07 Å². The number of amides is 1. The second kappa shape index (κ2) is 9.61. The molecule has 0 aliphatic rings. The highest BCUT2D eigenvalue weighted by Gasteiger charge is 2.15. The van der Waals surface area contributed by atoms with E-state index >= 15 is 0 Å². The van der Waals surface area contributed by atoms with Crippen molar-refractivity contribution in [3.8, 4) is 16.3 Å². The van der Waals surface area contributed by atoms with Gasteiger partial charge in [0.15, 0.2) is 0 Å². The fourth-order valence-electron chi connectivity index (χ4n) is 2.85. The summed E-state index contributed by atoms with van der Waals surface area (Å²) in [6.07, 6.45) is 3.29. The Morgan fingerprint density at radius 1 is 1.06 bits per heavy atom. The summed E-state index contributed by atoms with van der Waals surface area (Å²) in [6, 6.07) is 10.7. The van der Waals surface area contributed by atoms with Crippen molar-refractivity contribution in [2.45, 2.75) is 13.2 Å². The number of halogens is 3. The summed E-state index contributed by atoms with van der Waals surface area (Å²) >= 11 is 1.13. The van der Waals surface area contributed by atoms with Crippen LogP contribution < -0.4 is 10.1 Å². The third-order valence-electron chi connectivity index (χ3n) is 4.49. The lowest BCUT2D eigenvalue weighted by molar-refractivity contribution is 0.0946. The van der Waals surface area contributed by atoms with Gasteiger partial charge in [-0.2, -0.15) is 0 Å². The Balaban J connectivity index is 1.41. The number of rotatable bonds is 7. The largest absolute Gasteiger partial charge is 0.489 e. The van der Waals surface area contributed by atoms with Gasteiger partial charge >= 0.3 is 0 Å². The van der Waals surface area contributed by atoms with E-state index < -0.39 is 17.5 Å². The molecule has 162 valence electrons. The van der Waals surface area contributed by atoms with E-state index in [1.54, 1.807) is 23.8 Å². The molecule has 5 nitrogen and oxygen atoms in total. The first-order chi connectivity index (χ1) is 15.5. The topological polar surface area (TPSA) is 64.1 Å². The molecule has 0 aliphatic carbocycles. The molecule has 0 radical (unpaired) electrons. The van der Waals surface area contributed by atoms with E-state index in [-0.39, 0.29) is 35.1 Å². The predicted molar refractivity (Wildman–Crippen MR) is 114 cm³/mol. The number of thiazole rings is 1. The minimum absolute atomic E-state index is 0.0244. The van der Waals surface area contributed by atoms with Crippen LogP contribution in [0.4, 0.5) is 13.2 Å². The van der Waals surface area contributed by atoms with Crippen LogP contribution in [0.3, 0.4) is 0 Å². The summed E-state index contributed by atoms with van der Waals surface area (Å²) < 4.78 is 47.0. The summed E-state index contributed by atoms with van der Waals surface area (Å²) in [5.74, 6) is -2.04. The number of hydrogen-bond acceptors (Lipinski definition) is 5. The number of pyridine rings is 1. The molecule has 1 N–H and O–H groups in total. The Labute approximate surface area is 185 Å². The molecule has 2 aromatic heterocycles. The summed E-state index contributed by atoms with van der Waals surface area (Å²) in [5.41, 5.74) is 1.24. The van der Waals surface area contributed by atoms with E-state index in [1.165, 1.54) is 12.1 Å². The minimum Gasteiger partial charge on any atom is -0.489 e. The maximum atomic E-state index is 14.6. The molecule has 9 heteroatoms. The van der Waals surface area contributed by atoms with Crippen LogP contribution in [0.5, 0.6) is 5.75 Å². The second-order valence-electron chi connectivity index (χ2n) is 6.75. The fraction of sp³-hybridized carbons (Fsp3) is 0.0870. The SMILES string of the molecule is O=C(NCc1cccnc1)c1csc(-c2ccc(OCc3cc(F)ccc3F)cc2F)n1.